The van der Waals surface area contributed by atoms with Gasteiger partial charge in [0.1, 0.15) is 0 Å². The summed E-state index contributed by atoms with van der Waals surface area (Å²) in [6, 6.07) is 0. The second-order valence-corrected chi connectivity index (χ2v) is 5.80. The molecule has 0 heterocycles. The van der Waals surface area contributed by atoms with E-state index in [0.717, 1.165) is 19.3 Å². The predicted octanol–water partition coefficient (Wildman–Crippen LogP) is 1.95. The summed E-state index contributed by atoms with van der Waals surface area (Å²) in [6.45, 7) is 6.06. The number of rotatable bonds is 4. The molecule has 3 nitrogen and oxygen atoms in total. The van der Waals surface area contributed by atoms with Gasteiger partial charge in [-0.15, -0.1) is 0 Å². The van der Waals surface area contributed by atoms with Crippen LogP contribution in [0.4, 0.5) is 0 Å². The normalized spacial score (nSPS) is 20.3. The van der Waals surface area contributed by atoms with Gasteiger partial charge < -0.3 is 11.1 Å². The third kappa shape index (κ3) is 4.65. The Morgan fingerprint density at radius 3 is 2.40 bits per heavy atom. The maximum atomic E-state index is 11.7. The van der Waals surface area contributed by atoms with Crippen LogP contribution in [0.5, 0.6) is 0 Å². The first-order valence-electron chi connectivity index (χ1n) is 5.91. The molecule has 15 heavy (non-hydrogen) atoms. The second-order valence-electron chi connectivity index (χ2n) is 5.80. The van der Waals surface area contributed by atoms with Crippen LogP contribution in [0.1, 0.15) is 59.3 Å². The molecule has 1 aliphatic carbocycles. The van der Waals surface area contributed by atoms with Gasteiger partial charge >= 0.3 is 0 Å². The fourth-order valence-corrected chi connectivity index (χ4v) is 2.12. The minimum atomic E-state index is -0.242. The largest absolute Gasteiger partial charge is 0.351 e. The molecule has 0 radical (unpaired) electrons. The van der Waals surface area contributed by atoms with Gasteiger partial charge in [0.25, 0.3) is 0 Å². The number of hydrogen-bond donors (Lipinski definition) is 2. The van der Waals surface area contributed by atoms with Crippen molar-refractivity contribution >= 4 is 5.91 Å². The lowest BCUT2D eigenvalue weighted by Gasteiger charge is -2.26. The summed E-state index contributed by atoms with van der Waals surface area (Å²) < 4.78 is 0. The van der Waals surface area contributed by atoms with Gasteiger partial charge in [0.15, 0.2) is 0 Å². The molecule has 0 aromatic rings. The van der Waals surface area contributed by atoms with Gasteiger partial charge in [-0.3, -0.25) is 4.79 Å². The van der Waals surface area contributed by atoms with Crippen molar-refractivity contribution in [3.8, 4) is 0 Å². The number of nitrogens with one attached hydrogen (secondary N) is 1. The summed E-state index contributed by atoms with van der Waals surface area (Å²) in [5, 5.41) is 3.13. The van der Waals surface area contributed by atoms with E-state index in [1.807, 2.05) is 13.8 Å². The number of nitrogens with two attached hydrogens (primary N) is 1. The first-order valence-corrected chi connectivity index (χ1v) is 5.91. The number of carbonyl (C=O) groups is 1. The molecule has 1 aliphatic rings. The molecule has 0 saturated heterocycles. The van der Waals surface area contributed by atoms with Crippen LogP contribution >= 0.6 is 0 Å². The zero-order valence-electron chi connectivity index (χ0n) is 10.2. The van der Waals surface area contributed by atoms with Crippen molar-refractivity contribution in [2.75, 3.05) is 0 Å². The number of carbonyl (C=O) groups excluding carboxylic acids is 1. The van der Waals surface area contributed by atoms with Crippen molar-refractivity contribution < 1.29 is 4.79 Å². The Balaban J connectivity index is 2.30. The smallest absolute Gasteiger partial charge is 0.220 e. The molecule has 3 heteroatoms. The van der Waals surface area contributed by atoms with E-state index in [1.54, 1.807) is 0 Å². The summed E-state index contributed by atoms with van der Waals surface area (Å²) in [5.74, 6) is 0.151. The van der Waals surface area contributed by atoms with Crippen molar-refractivity contribution in [3.63, 3.8) is 0 Å². The molecule has 1 rings (SSSR count). The standard InChI is InChI=1S/C12H24N2O/c1-11(2,13)9-6-10(15)14-12(3)7-4-5-8-12/h4-9,13H2,1-3H3,(H,14,15). The lowest BCUT2D eigenvalue weighted by molar-refractivity contribution is -0.123. The molecule has 0 aliphatic heterocycles. The quantitative estimate of drug-likeness (QED) is 0.748. The Labute approximate surface area is 92.8 Å². The van der Waals surface area contributed by atoms with Crippen LogP contribution in [0.3, 0.4) is 0 Å². The van der Waals surface area contributed by atoms with E-state index < -0.39 is 0 Å². The Bertz CT molecular complexity index is 224. The summed E-state index contributed by atoms with van der Waals surface area (Å²) in [7, 11) is 0. The summed E-state index contributed by atoms with van der Waals surface area (Å²) >= 11 is 0. The highest BCUT2D eigenvalue weighted by atomic mass is 16.1. The van der Waals surface area contributed by atoms with Crippen LogP contribution in [0.2, 0.25) is 0 Å². The van der Waals surface area contributed by atoms with E-state index >= 15 is 0 Å². The molecule has 0 unspecified atom stereocenters. The SMILES string of the molecule is CC(C)(N)CCC(=O)NC1(C)CCCC1. The highest BCUT2D eigenvalue weighted by molar-refractivity contribution is 5.76. The van der Waals surface area contributed by atoms with Gasteiger partial charge in [-0.05, 0) is 40.0 Å². The van der Waals surface area contributed by atoms with Crippen molar-refractivity contribution in [2.24, 2.45) is 5.73 Å². The summed E-state index contributed by atoms with van der Waals surface area (Å²) in [4.78, 5) is 11.7. The average Bonchev–Trinajstić information content (AvgIpc) is 2.47. The molecule has 1 fully saturated rings. The van der Waals surface area contributed by atoms with Crippen molar-refractivity contribution in [1.29, 1.82) is 0 Å². The van der Waals surface area contributed by atoms with Crippen LogP contribution in [-0.4, -0.2) is 17.0 Å². The van der Waals surface area contributed by atoms with Crippen LogP contribution < -0.4 is 11.1 Å². The van der Waals surface area contributed by atoms with Crippen molar-refractivity contribution in [1.82, 2.24) is 5.32 Å². The monoisotopic (exact) mass is 212 g/mol. The minimum Gasteiger partial charge on any atom is -0.351 e. The van der Waals surface area contributed by atoms with E-state index in [-0.39, 0.29) is 17.0 Å². The van der Waals surface area contributed by atoms with Gasteiger partial charge in [-0.1, -0.05) is 12.8 Å². The second kappa shape index (κ2) is 4.52. The Morgan fingerprint density at radius 1 is 1.40 bits per heavy atom. The average molecular weight is 212 g/mol. The molecule has 0 spiro atoms. The fraction of sp³-hybridized carbons (Fsp3) is 0.917. The Morgan fingerprint density at radius 2 is 1.93 bits per heavy atom. The zero-order chi connectivity index (χ0) is 11.5. The molecule has 3 N–H and O–H groups in total. The summed E-state index contributed by atoms with van der Waals surface area (Å²) in [5.41, 5.74) is 5.65. The van der Waals surface area contributed by atoms with E-state index in [4.69, 9.17) is 5.73 Å². The van der Waals surface area contributed by atoms with Crippen LogP contribution in [0.25, 0.3) is 0 Å². The van der Waals surface area contributed by atoms with Gasteiger partial charge in [0.05, 0.1) is 0 Å². The molecule has 0 aromatic heterocycles. The van der Waals surface area contributed by atoms with Crippen molar-refractivity contribution in [2.45, 2.75) is 70.4 Å². The minimum absolute atomic E-state index is 0.0514. The Kier molecular flexibility index (Phi) is 3.77. The van der Waals surface area contributed by atoms with E-state index in [9.17, 15) is 4.79 Å². The molecular formula is C12H24N2O. The third-order valence-corrected chi connectivity index (χ3v) is 3.14. The lowest BCUT2D eigenvalue weighted by Crippen LogP contribution is -2.44. The van der Waals surface area contributed by atoms with E-state index in [2.05, 4.69) is 12.2 Å². The molecule has 0 bridgehead atoms. The molecule has 1 saturated carbocycles. The Hall–Kier alpha value is -0.570. The van der Waals surface area contributed by atoms with E-state index in [0.29, 0.717) is 6.42 Å². The van der Waals surface area contributed by atoms with Crippen molar-refractivity contribution in [3.05, 3.63) is 0 Å². The third-order valence-electron chi connectivity index (χ3n) is 3.14. The summed E-state index contributed by atoms with van der Waals surface area (Å²) in [6.07, 6.45) is 5.99. The molecule has 0 aromatic carbocycles. The first kappa shape index (κ1) is 12.5. The highest BCUT2D eigenvalue weighted by Gasteiger charge is 2.30. The highest BCUT2D eigenvalue weighted by Crippen LogP contribution is 2.28. The van der Waals surface area contributed by atoms with E-state index in [1.165, 1.54) is 12.8 Å². The van der Waals surface area contributed by atoms with Crippen LogP contribution in [-0.2, 0) is 4.79 Å². The van der Waals surface area contributed by atoms with Crippen LogP contribution in [0, 0.1) is 0 Å². The van der Waals surface area contributed by atoms with Gasteiger partial charge in [-0.2, -0.15) is 0 Å². The number of hydrogen-bond acceptors (Lipinski definition) is 2. The molecule has 88 valence electrons. The maximum absolute atomic E-state index is 11.7. The molecule has 1 amide bonds. The predicted molar refractivity (Wildman–Crippen MR) is 62.5 cm³/mol. The van der Waals surface area contributed by atoms with Gasteiger partial charge in [0, 0.05) is 17.5 Å². The zero-order valence-corrected chi connectivity index (χ0v) is 10.2. The molecule has 0 atom stereocenters. The van der Waals surface area contributed by atoms with Gasteiger partial charge in [-0.25, -0.2) is 0 Å². The molecular weight excluding hydrogens is 188 g/mol. The van der Waals surface area contributed by atoms with Gasteiger partial charge in [0.2, 0.25) is 5.91 Å². The fourth-order valence-electron chi connectivity index (χ4n) is 2.12. The lowest BCUT2D eigenvalue weighted by atomic mass is 9.97. The first-order chi connectivity index (χ1) is 6.81. The van der Waals surface area contributed by atoms with Crippen LogP contribution in [0.15, 0.2) is 0 Å². The maximum Gasteiger partial charge on any atom is 0.220 e. The number of amides is 1. The topological polar surface area (TPSA) is 55.1 Å².